The van der Waals surface area contributed by atoms with Crippen molar-refractivity contribution < 1.29 is 14.6 Å². The van der Waals surface area contributed by atoms with Gasteiger partial charge in [0.05, 0.1) is 16.8 Å². The number of benzene rings is 3. The van der Waals surface area contributed by atoms with Crippen molar-refractivity contribution in [1.82, 2.24) is 9.55 Å². The second-order valence-corrected chi connectivity index (χ2v) is 7.46. The molecular formula is C23H20N2O3S. The van der Waals surface area contributed by atoms with Gasteiger partial charge < -0.3 is 14.4 Å². The Hall–Kier alpha value is -3.25. The molecule has 146 valence electrons. The molecule has 29 heavy (non-hydrogen) atoms. The van der Waals surface area contributed by atoms with Crippen LogP contribution in [-0.2, 0) is 12.3 Å². The summed E-state index contributed by atoms with van der Waals surface area (Å²) < 4.78 is 7.16. The van der Waals surface area contributed by atoms with Crippen LogP contribution < -0.4 is 4.74 Å². The van der Waals surface area contributed by atoms with E-state index in [1.165, 1.54) is 0 Å². The van der Waals surface area contributed by atoms with Gasteiger partial charge in [-0.25, -0.2) is 9.78 Å². The maximum Gasteiger partial charge on any atom is 0.511 e. The molecule has 4 aromatic rings. The number of thioether (sulfide) groups is 1. The second-order valence-electron chi connectivity index (χ2n) is 6.60. The van der Waals surface area contributed by atoms with Crippen molar-refractivity contribution in [3.63, 3.8) is 0 Å². The third-order valence-corrected chi connectivity index (χ3v) is 5.24. The number of carbonyl (C=O) groups is 1. The largest absolute Gasteiger partial charge is 0.511 e. The SMILES string of the molecule is CSCc1nc2ccccc2n1Cc1ccc(-c2ccccc2OC(=O)O)cc1. The zero-order valence-electron chi connectivity index (χ0n) is 15.9. The number of aromatic nitrogens is 2. The summed E-state index contributed by atoms with van der Waals surface area (Å²) in [6.07, 6.45) is 0.761. The molecule has 0 spiro atoms. The number of rotatable bonds is 6. The molecule has 0 unspecified atom stereocenters. The van der Waals surface area contributed by atoms with E-state index < -0.39 is 6.16 Å². The van der Waals surface area contributed by atoms with E-state index in [2.05, 4.69) is 29.0 Å². The first-order valence-electron chi connectivity index (χ1n) is 9.18. The number of fused-ring (bicyclic) bond motifs is 1. The lowest BCUT2D eigenvalue weighted by molar-refractivity contribution is 0.144. The Bertz CT molecular complexity index is 1150. The number of nitrogens with zero attached hydrogens (tertiary/aromatic N) is 2. The van der Waals surface area contributed by atoms with Crippen LogP contribution in [0.5, 0.6) is 5.75 Å². The summed E-state index contributed by atoms with van der Waals surface area (Å²) in [6.45, 7) is 0.726. The maximum absolute atomic E-state index is 10.9. The van der Waals surface area contributed by atoms with E-state index in [-0.39, 0.29) is 0 Å². The average Bonchev–Trinajstić information content (AvgIpc) is 3.06. The van der Waals surface area contributed by atoms with Gasteiger partial charge in [-0.2, -0.15) is 11.8 Å². The Morgan fingerprint density at radius 2 is 1.76 bits per heavy atom. The first kappa shape index (κ1) is 19.1. The van der Waals surface area contributed by atoms with E-state index in [1.807, 2.05) is 42.5 Å². The summed E-state index contributed by atoms with van der Waals surface area (Å²) in [6, 6.07) is 23.4. The predicted molar refractivity (Wildman–Crippen MR) is 117 cm³/mol. The highest BCUT2D eigenvalue weighted by molar-refractivity contribution is 7.97. The third-order valence-electron chi connectivity index (χ3n) is 4.70. The molecule has 0 atom stereocenters. The van der Waals surface area contributed by atoms with Gasteiger partial charge in [-0.3, -0.25) is 0 Å². The Kier molecular flexibility index (Phi) is 5.53. The van der Waals surface area contributed by atoms with Gasteiger partial charge in [-0.15, -0.1) is 0 Å². The highest BCUT2D eigenvalue weighted by atomic mass is 32.2. The van der Waals surface area contributed by atoms with Crippen molar-refractivity contribution in [3.8, 4) is 16.9 Å². The van der Waals surface area contributed by atoms with Gasteiger partial charge in [0.15, 0.2) is 0 Å². The number of ether oxygens (including phenoxy) is 1. The Morgan fingerprint density at radius 3 is 2.52 bits per heavy atom. The molecule has 1 N–H and O–H groups in total. The molecule has 0 saturated carbocycles. The van der Waals surface area contributed by atoms with Crippen molar-refractivity contribution in [3.05, 3.63) is 84.2 Å². The Labute approximate surface area is 173 Å². The molecule has 0 aliphatic carbocycles. The van der Waals surface area contributed by atoms with Gasteiger partial charge in [-0.1, -0.05) is 54.6 Å². The van der Waals surface area contributed by atoms with Crippen LogP contribution in [0.3, 0.4) is 0 Å². The van der Waals surface area contributed by atoms with Gasteiger partial charge in [0.1, 0.15) is 11.6 Å². The van der Waals surface area contributed by atoms with Crippen LogP contribution in [0.1, 0.15) is 11.4 Å². The fourth-order valence-electron chi connectivity index (χ4n) is 3.40. The predicted octanol–water partition coefficient (Wildman–Crippen LogP) is 5.67. The summed E-state index contributed by atoms with van der Waals surface area (Å²) >= 11 is 1.76. The van der Waals surface area contributed by atoms with Crippen LogP contribution in [0.4, 0.5) is 4.79 Å². The minimum atomic E-state index is -1.32. The fourth-order valence-corrected chi connectivity index (χ4v) is 3.88. The number of hydrogen-bond donors (Lipinski definition) is 1. The number of para-hydroxylation sites is 3. The van der Waals surface area contributed by atoms with Gasteiger partial charge in [-0.05, 0) is 35.6 Å². The minimum Gasteiger partial charge on any atom is -0.449 e. The maximum atomic E-state index is 10.9. The molecule has 5 nitrogen and oxygen atoms in total. The highest BCUT2D eigenvalue weighted by Gasteiger charge is 2.12. The van der Waals surface area contributed by atoms with Gasteiger partial charge in [0, 0.05) is 12.1 Å². The standard InChI is InChI=1S/C23H20N2O3S/c1-29-15-22-24-19-7-3-4-8-20(19)25(22)14-16-10-12-17(13-11-16)18-6-2-5-9-21(18)28-23(26)27/h2-13H,14-15H2,1H3,(H,26,27). The zero-order chi connectivity index (χ0) is 20.2. The van der Waals surface area contributed by atoms with E-state index >= 15 is 0 Å². The molecule has 1 aromatic heterocycles. The van der Waals surface area contributed by atoms with Crippen LogP contribution in [0, 0.1) is 0 Å². The van der Waals surface area contributed by atoms with Crippen LogP contribution >= 0.6 is 11.8 Å². The smallest absolute Gasteiger partial charge is 0.449 e. The molecule has 0 saturated heterocycles. The van der Waals surface area contributed by atoms with Crippen LogP contribution in [-0.4, -0.2) is 27.1 Å². The quantitative estimate of drug-likeness (QED) is 0.331. The Morgan fingerprint density at radius 1 is 1.03 bits per heavy atom. The zero-order valence-corrected chi connectivity index (χ0v) is 16.7. The molecule has 0 aliphatic heterocycles. The van der Waals surface area contributed by atoms with Crippen molar-refractivity contribution in [2.45, 2.75) is 12.3 Å². The molecular weight excluding hydrogens is 384 g/mol. The van der Waals surface area contributed by atoms with E-state index in [1.54, 1.807) is 23.9 Å². The van der Waals surface area contributed by atoms with E-state index in [0.717, 1.165) is 45.8 Å². The monoisotopic (exact) mass is 404 g/mol. The van der Waals surface area contributed by atoms with Crippen LogP contribution in [0.15, 0.2) is 72.8 Å². The second kappa shape index (κ2) is 8.41. The van der Waals surface area contributed by atoms with Crippen molar-refractivity contribution >= 4 is 29.0 Å². The van der Waals surface area contributed by atoms with Crippen molar-refractivity contribution in [2.24, 2.45) is 0 Å². The first-order valence-corrected chi connectivity index (χ1v) is 10.6. The summed E-state index contributed by atoms with van der Waals surface area (Å²) in [5, 5.41) is 8.95. The highest BCUT2D eigenvalue weighted by Crippen LogP contribution is 2.30. The molecule has 0 bridgehead atoms. The number of carboxylic acid groups (broad SMARTS) is 1. The van der Waals surface area contributed by atoms with Crippen molar-refractivity contribution in [1.29, 1.82) is 0 Å². The fraction of sp³-hybridized carbons (Fsp3) is 0.130. The summed E-state index contributed by atoms with van der Waals surface area (Å²) in [5.41, 5.74) is 4.94. The molecule has 6 heteroatoms. The third kappa shape index (κ3) is 4.12. The summed E-state index contributed by atoms with van der Waals surface area (Å²) in [5.74, 6) is 2.24. The number of imidazole rings is 1. The topological polar surface area (TPSA) is 64.4 Å². The van der Waals surface area contributed by atoms with E-state index in [4.69, 9.17) is 14.8 Å². The first-order chi connectivity index (χ1) is 14.2. The van der Waals surface area contributed by atoms with Crippen LogP contribution in [0.2, 0.25) is 0 Å². The van der Waals surface area contributed by atoms with E-state index in [9.17, 15) is 4.79 Å². The minimum absolute atomic E-state index is 0.329. The molecule has 0 radical (unpaired) electrons. The number of hydrogen-bond acceptors (Lipinski definition) is 4. The Balaban J connectivity index is 1.64. The molecule has 0 amide bonds. The lowest BCUT2D eigenvalue weighted by atomic mass is 10.0. The summed E-state index contributed by atoms with van der Waals surface area (Å²) in [4.78, 5) is 15.7. The van der Waals surface area contributed by atoms with Crippen LogP contribution in [0.25, 0.3) is 22.2 Å². The van der Waals surface area contributed by atoms with Gasteiger partial charge in [0.25, 0.3) is 0 Å². The van der Waals surface area contributed by atoms with Gasteiger partial charge in [0.2, 0.25) is 0 Å². The molecule has 0 aliphatic rings. The molecule has 1 heterocycles. The average molecular weight is 404 g/mol. The molecule has 0 fully saturated rings. The normalized spacial score (nSPS) is 10.9. The van der Waals surface area contributed by atoms with Gasteiger partial charge >= 0.3 is 6.16 Å². The van der Waals surface area contributed by atoms with E-state index in [0.29, 0.717) is 5.75 Å². The lowest BCUT2D eigenvalue weighted by Gasteiger charge is -2.11. The molecule has 3 aromatic carbocycles. The van der Waals surface area contributed by atoms with Crippen molar-refractivity contribution in [2.75, 3.05) is 6.26 Å². The summed E-state index contributed by atoms with van der Waals surface area (Å²) in [7, 11) is 0. The lowest BCUT2D eigenvalue weighted by Crippen LogP contribution is -2.05. The molecule has 4 rings (SSSR count).